The highest BCUT2D eigenvalue weighted by Gasteiger charge is 2.34. The molecule has 1 aromatic heterocycles. The van der Waals surface area contributed by atoms with Crippen molar-refractivity contribution in [3.63, 3.8) is 0 Å². The number of rotatable bonds is 6. The zero-order valence-corrected chi connectivity index (χ0v) is 16.4. The maximum absolute atomic E-state index is 12.6. The minimum atomic E-state index is -0.814. The molecule has 1 aliphatic rings. The first-order valence-electron chi connectivity index (χ1n) is 9.14. The number of carbonyl (C=O) groups is 3. The van der Waals surface area contributed by atoms with Gasteiger partial charge < -0.3 is 20.1 Å². The van der Waals surface area contributed by atoms with Crippen LogP contribution in [0.15, 0.2) is 58.5 Å². The first kappa shape index (κ1) is 20.8. The van der Waals surface area contributed by atoms with E-state index in [1.54, 1.807) is 31.2 Å². The fraction of sp³-hybridized carbons (Fsp3) is 0.250. The number of hydrogen-bond donors (Lipinski definition) is 2. The average molecular weight is 412 g/mol. The lowest BCUT2D eigenvalue weighted by molar-refractivity contribution is -0.139. The van der Waals surface area contributed by atoms with Crippen LogP contribution in [0.5, 0.6) is 0 Å². The maximum Gasteiger partial charge on any atom is 0.359 e. The second-order valence-electron chi connectivity index (χ2n) is 6.31. The average Bonchev–Trinajstić information content (AvgIpc) is 2.74. The van der Waals surface area contributed by atoms with Crippen LogP contribution in [0, 0.1) is 0 Å². The van der Waals surface area contributed by atoms with Gasteiger partial charge >= 0.3 is 18.0 Å². The van der Waals surface area contributed by atoms with Gasteiger partial charge in [0.25, 0.3) is 5.56 Å². The van der Waals surface area contributed by atoms with E-state index in [-0.39, 0.29) is 29.1 Å². The fourth-order valence-corrected chi connectivity index (χ4v) is 2.90. The predicted octanol–water partition coefficient (Wildman–Crippen LogP) is 0.808. The van der Waals surface area contributed by atoms with Gasteiger partial charge in [-0.3, -0.25) is 4.79 Å². The SMILES string of the molecule is CCOC(=O)C1=C(COC(=O)c2ccc(=O)n(C)n2)NC(=O)NC1c1ccccc1. The van der Waals surface area contributed by atoms with E-state index in [2.05, 4.69) is 15.7 Å². The number of nitrogens with zero attached hydrogens (tertiary/aromatic N) is 2. The van der Waals surface area contributed by atoms with Crippen LogP contribution in [-0.4, -0.2) is 41.0 Å². The summed E-state index contributed by atoms with van der Waals surface area (Å²) in [5.41, 5.74) is 0.428. The number of ether oxygens (including phenoxy) is 2. The Bertz CT molecular complexity index is 1060. The summed E-state index contributed by atoms with van der Waals surface area (Å²) in [4.78, 5) is 48.6. The molecular weight excluding hydrogens is 392 g/mol. The van der Waals surface area contributed by atoms with Crippen molar-refractivity contribution in [3.8, 4) is 0 Å². The highest BCUT2D eigenvalue weighted by atomic mass is 16.5. The molecule has 0 bridgehead atoms. The summed E-state index contributed by atoms with van der Waals surface area (Å²) in [5.74, 6) is -1.46. The number of hydrogen-bond acceptors (Lipinski definition) is 7. The standard InChI is InChI=1S/C20H20N4O6/c1-3-29-19(27)16-14(11-30-18(26)13-9-10-15(25)24(2)23-13)21-20(28)22-17(16)12-7-5-4-6-8-12/h4-10,17H,3,11H2,1-2H3,(H2,21,22,28). The normalized spacial score (nSPS) is 15.8. The number of carbonyl (C=O) groups excluding carboxylic acids is 3. The monoisotopic (exact) mass is 412 g/mol. The third-order valence-corrected chi connectivity index (χ3v) is 4.30. The Hall–Kier alpha value is -3.95. The summed E-state index contributed by atoms with van der Waals surface area (Å²) in [6.45, 7) is 1.40. The Morgan fingerprint density at radius 2 is 1.80 bits per heavy atom. The maximum atomic E-state index is 12.6. The van der Waals surface area contributed by atoms with Gasteiger partial charge in [-0.05, 0) is 18.6 Å². The molecule has 1 aromatic carbocycles. The van der Waals surface area contributed by atoms with E-state index in [1.807, 2.05) is 6.07 Å². The second kappa shape index (κ2) is 9.03. The Labute approximate surface area is 171 Å². The Morgan fingerprint density at radius 1 is 1.07 bits per heavy atom. The Balaban J connectivity index is 1.91. The molecule has 0 radical (unpaired) electrons. The first-order valence-corrected chi connectivity index (χ1v) is 9.14. The van der Waals surface area contributed by atoms with Gasteiger partial charge in [0.05, 0.1) is 23.9 Å². The van der Waals surface area contributed by atoms with Crippen LogP contribution < -0.4 is 16.2 Å². The zero-order chi connectivity index (χ0) is 21.7. The van der Waals surface area contributed by atoms with Crippen LogP contribution in [-0.2, 0) is 21.3 Å². The molecule has 0 aliphatic carbocycles. The molecule has 0 spiro atoms. The number of nitrogens with one attached hydrogen (secondary N) is 2. The molecule has 1 atom stereocenters. The van der Waals surface area contributed by atoms with Gasteiger partial charge in [-0.1, -0.05) is 30.3 Å². The van der Waals surface area contributed by atoms with Crippen LogP contribution in [0.4, 0.5) is 4.79 Å². The van der Waals surface area contributed by atoms with Gasteiger partial charge in [0.2, 0.25) is 0 Å². The topological polar surface area (TPSA) is 129 Å². The van der Waals surface area contributed by atoms with Crippen molar-refractivity contribution in [1.29, 1.82) is 0 Å². The molecule has 3 rings (SSSR count). The van der Waals surface area contributed by atoms with Crippen molar-refractivity contribution in [2.45, 2.75) is 13.0 Å². The van der Waals surface area contributed by atoms with Gasteiger partial charge in [-0.2, -0.15) is 5.10 Å². The molecule has 2 heterocycles. The van der Waals surface area contributed by atoms with Crippen LogP contribution in [0.2, 0.25) is 0 Å². The third kappa shape index (κ3) is 4.54. The van der Waals surface area contributed by atoms with E-state index in [4.69, 9.17) is 9.47 Å². The molecule has 1 aliphatic heterocycles. The minimum Gasteiger partial charge on any atom is -0.463 e. The summed E-state index contributed by atoms with van der Waals surface area (Å²) < 4.78 is 11.4. The summed E-state index contributed by atoms with van der Waals surface area (Å²) in [7, 11) is 1.40. The van der Waals surface area contributed by atoms with Gasteiger partial charge in [-0.25, -0.2) is 19.1 Å². The number of aromatic nitrogens is 2. The van der Waals surface area contributed by atoms with E-state index < -0.39 is 30.6 Å². The third-order valence-electron chi connectivity index (χ3n) is 4.30. The molecule has 2 aromatic rings. The number of aryl methyl sites for hydroxylation is 1. The molecule has 1 unspecified atom stereocenters. The van der Waals surface area contributed by atoms with Gasteiger partial charge in [0.1, 0.15) is 6.61 Å². The van der Waals surface area contributed by atoms with Crippen molar-refractivity contribution in [2.24, 2.45) is 7.05 Å². The molecule has 2 amide bonds. The molecule has 156 valence electrons. The smallest absolute Gasteiger partial charge is 0.359 e. The molecule has 0 fully saturated rings. The number of amides is 2. The van der Waals surface area contributed by atoms with Crippen LogP contribution >= 0.6 is 0 Å². The van der Waals surface area contributed by atoms with Crippen LogP contribution in [0.1, 0.15) is 29.0 Å². The van der Waals surface area contributed by atoms with Crippen LogP contribution in [0.3, 0.4) is 0 Å². The Morgan fingerprint density at radius 3 is 2.47 bits per heavy atom. The lowest BCUT2D eigenvalue weighted by Crippen LogP contribution is -2.47. The number of esters is 2. The second-order valence-corrected chi connectivity index (χ2v) is 6.31. The van der Waals surface area contributed by atoms with Gasteiger partial charge in [-0.15, -0.1) is 0 Å². The number of benzene rings is 1. The fourth-order valence-electron chi connectivity index (χ4n) is 2.90. The number of urea groups is 1. The lowest BCUT2D eigenvalue weighted by atomic mass is 9.95. The first-order chi connectivity index (χ1) is 14.4. The van der Waals surface area contributed by atoms with E-state index >= 15 is 0 Å². The van der Waals surface area contributed by atoms with E-state index in [0.29, 0.717) is 5.56 Å². The van der Waals surface area contributed by atoms with E-state index in [0.717, 1.165) is 4.68 Å². The summed E-state index contributed by atoms with van der Waals surface area (Å²) in [6, 6.07) is 9.97. The molecule has 10 nitrogen and oxygen atoms in total. The molecule has 2 N–H and O–H groups in total. The summed E-state index contributed by atoms with van der Waals surface area (Å²) >= 11 is 0. The molecule has 10 heteroatoms. The highest BCUT2D eigenvalue weighted by Crippen LogP contribution is 2.27. The van der Waals surface area contributed by atoms with Crippen LogP contribution in [0.25, 0.3) is 0 Å². The van der Waals surface area contributed by atoms with E-state index in [9.17, 15) is 19.2 Å². The molecule has 30 heavy (non-hydrogen) atoms. The molecule has 0 saturated heterocycles. The van der Waals surface area contributed by atoms with Crippen molar-refractivity contribution in [2.75, 3.05) is 13.2 Å². The zero-order valence-electron chi connectivity index (χ0n) is 16.4. The Kier molecular flexibility index (Phi) is 6.26. The molecule has 0 saturated carbocycles. The quantitative estimate of drug-likeness (QED) is 0.672. The van der Waals surface area contributed by atoms with Crippen molar-refractivity contribution >= 4 is 18.0 Å². The molecular formula is C20H20N4O6. The lowest BCUT2D eigenvalue weighted by Gasteiger charge is -2.29. The minimum absolute atomic E-state index is 0.0877. The summed E-state index contributed by atoms with van der Waals surface area (Å²) in [5, 5.41) is 9.01. The predicted molar refractivity (Wildman–Crippen MR) is 104 cm³/mol. The van der Waals surface area contributed by atoms with Gasteiger partial charge in [0.15, 0.2) is 5.69 Å². The van der Waals surface area contributed by atoms with Crippen molar-refractivity contribution < 1.29 is 23.9 Å². The summed E-state index contributed by atoms with van der Waals surface area (Å²) in [6.07, 6.45) is 0. The largest absolute Gasteiger partial charge is 0.463 e. The highest BCUT2D eigenvalue weighted by molar-refractivity contribution is 5.95. The van der Waals surface area contributed by atoms with Crippen molar-refractivity contribution in [3.05, 3.63) is 75.3 Å². The van der Waals surface area contributed by atoms with Gasteiger partial charge in [0, 0.05) is 13.1 Å². The van der Waals surface area contributed by atoms with Crippen molar-refractivity contribution in [1.82, 2.24) is 20.4 Å². The van der Waals surface area contributed by atoms with E-state index in [1.165, 1.54) is 19.2 Å².